The largest absolute Gasteiger partial charge is 0.340 e. The topological polar surface area (TPSA) is 83.5 Å². The van der Waals surface area contributed by atoms with Crippen LogP contribution in [0.5, 0.6) is 0 Å². The summed E-state index contributed by atoms with van der Waals surface area (Å²) < 4.78 is 26.1. The maximum atomic E-state index is 13.2. The molecule has 2 aliphatic rings. The zero-order chi connectivity index (χ0) is 21.5. The molecule has 7 nitrogen and oxygen atoms in total. The standard InChI is InChI=1S/C22H28N4O3S/c1-16-6-4-7-19(12-16)26(30(3,28)29)14-20(27)25-11-5-9-22(15-25)10-8-18-13-23-17(2)24-21(18)22/h4,6-7,12-13H,5,8-11,14-15H2,1-3H3. The number of amides is 1. The number of piperidine rings is 1. The molecule has 2 heterocycles. The highest BCUT2D eigenvalue weighted by molar-refractivity contribution is 7.92. The van der Waals surface area contributed by atoms with Gasteiger partial charge >= 0.3 is 0 Å². The summed E-state index contributed by atoms with van der Waals surface area (Å²) in [5, 5.41) is 0. The van der Waals surface area contributed by atoms with E-state index >= 15 is 0 Å². The molecule has 30 heavy (non-hydrogen) atoms. The van der Waals surface area contributed by atoms with Crippen LogP contribution >= 0.6 is 0 Å². The molecule has 1 fully saturated rings. The fraction of sp³-hybridized carbons (Fsp3) is 0.500. The smallest absolute Gasteiger partial charge is 0.243 e. The van der Waals surface area contributed by atoms with Crippen LogP contribution in [-0.2, 0) is 26.7 Å². The van der Waals surface area contributed by atoms with Crippen molar-refractivity contribution in [3.05, 3.63) is 53.1 Å². The van der Waals surface area contributed by atoms with E-state index in [4.69, 9.17) is 4.98 Å². The third-order valence-electron chi connectivity index (χ3n) is 6.26. The fourth-order valence-electron chi connectivity index (χ4n) is 4.78. The van der Waals surface area contributed by atoms with Crippen LogP contribution in [0.25, 0.3) is 0 Å². The molecule has 8 heteroatoms. The first-order valence-electron chi connectivity index (χ1n) is 10.3. The minimum absolute atomic E-state index is 0.143. The molecule has 1 saturated heterocycles. The maximum Gasteiger partial charge on any atom is 0.243 e. The third-order valence-corrected chi connectivity index (χ3v) is 7.40. The van der Waals surface area contributed by atoms with Crippen LogP contribution in [0.3, 0.4) is 0 Å². The highest BCUT2D eigenvalue weighted by atomic mass is 32.2. The number of fused-ring (bicyclic) bond motifs is 2. The molecule has 1 aromatic heterocycles. The predicted octanol–water partition coefficient (Wildman–Crippen LogP) is 2.37. The average molecular weight is 429 g/mol. The number of hydrogen-bond donors (Lipinski definition) is 0. The summed E-state index contributed by atoms with van der Waals surface area (Å²) >= 11 is 0. The van der Waals surface area contributed by atoms with E-state index in [1.807, 2.05) is 31.0 Å². The van der Waals surface area contributed by atoms with Crippen LogP contribution in [-0.4, -0.2) is 55.1 Å². The van der Waals surface area contributed by atoms with Gasteiger partial charge in [-0.25, -0.2) is 18.4 Å². The first kappa shape index (κ1) is 20.8. The Labute approximate surface area is 178 Å². The predicted molar refractivity (Wildman–Crippen MR) is 116 cm³/mol. The van der Waals surface area contributed by atoms with Gasteiger partial charge in [-0.2, -0.15) is 0 Å². The minimum Gasteiger partial charge on any atom is -0.340 e. The van der Waals surface area contributed by atoms with Crippen LogP contribution < -0.4 is 4.31 Å². The van der Waals surface area contributed by atoms with Gasteiger partial charge in [0, 0.05) is 24.7 Å². The maximum absolute atomic E-state index is 13.2. The monoisotopic (exact) mass is 428 g/mol. The van der Waals surface area contributed by atoms with Crippen molar-refractivity contribution in [3.8, 4) is 0 Å². The number of sulfonamides is 1. The Morgan fingerprint density at radius 2 is 2.07 bits per heavy atom. The van der Waals surface area contributed by atoms with E-state index in [2.05, 4.69) is 4.98 Å². The van der Waals surface area contributed by atoms with E-state index in [0.717, 1.165) is 49.0 Å². The Kier molecular flexibility index (Phi) is 5.30. The molecule has 1 atom stereocenters. The summed E-state index contributed by atoms with van der Waals surface area (Å²) in [6.07, 6.45) is 6.82. The van der Waals surface area contributed by atoms with Crippen molar-refractivity contribution in [2.24, 2.45) is 0 Å². The summed E-state index contributed by atoms with van der Waals surface area (Å²) in [4.78, 5) is 24.1. The SMILES string of the molecule is Cc1cccc(N(CC(=O)N2CCCC3(CCc4cnc(C)nc43)C2)S(C)(=O)=O)c1. The summed E-state index contributed by atoms with van der Waals surface area (Å²) in [6, 6.07) is 7.23. The number of carbonyl (C=O) groups excluding carboxylic acids is 1. The van der Waals surface area contributed by atoms with Gasteiger partial charge in [-0.1, -0.05) is 12.1 Å². The molecule has 1 spiro atoms. The molecule has 1 unspecified atom stereocenters. The van der Waals surface area contributed by atoms with Crippen LogP contribution in [0.15, 0.2) is 30.5 Å². The molecule has 0 N–H and O–H groups in total. The first-order chi connectivity index (χ1) is 14.2. The van der Waals surface area contributed by atoms with Crippen LogP contribution in [0, 0.1) is 13.8 Å². The molecular formula is C22H28N4O3S. The normalized spacial score (nSPS) is 21.0. The number of benzene rings is 1. The van der Waals surface area contributed by atoms with Gasteiger partial charge in [0.2, 0.25) is 15.9 Å². The summed E-state index contributed by atoms with van der Waals surface area (Å²) in [5.41, 5.74) is 3.57. The Morgan fingerprint density at radius 3 is 2.80 bits per heavy atom. The number of aromatic nitrogens is 2. The number of nitrogens with zero attached hydrogens (tertiary/aromatic N) is 4. The fourth-order valence-corrected chi connectivity index (χ4v) is 5.62. The Bertz CT molecular complexity index is 1080. The van der Waals surface area contributed by atoms with Gasteiger partial charge in [0.1, 0.15) is 12.4 Å². The van der Waals surface area contributed by atoms with E-state index in [1.54, 1.807) is 18.2 Å². The second-order valence-electron chi connectivity index (χ2n) is 8.60. The highest BCUT2D eigenvalue weighted by Crippen LogP contribution is 2.43. The van der Waals surface area contributed by atoms with Crippen molar-refractivity contribution in [2.75, 3.05) is 30.2 Å². The average Bonchev–Trinajstić information content (AvgIpc) is 3.02. The van der Waals surface area contributed by atoms with Gasteiger partial charge in [-0.3, -0.25) is 9.10 Å². The number of anilines is 1. The number of likely N-dealkylation sites (tertiary alicyclic amines) is 1. The first-order valence-corrected chi connectivity index (χ1v) is 12.2. The van der Waals surface area contributed by atoms with E-state index in [9.17, 15) is 13.2 Å². The molecule has 4 rings (SSSR count). The minimum atomic E-state index is -3.59. The number of rotatable bonds is 4. The molecular weight excluding hydrogens is 400 g/mol. The van der Waals surface area contributed by atoms with Crippen molar-refractivity contribution >= 4 is 21.6 Å². The number of carbonyl (C=O) groups is 1. The van der Waals surface area contributed by atoms with Gasteiger partial charge in [-0.15, -0.1) is 0 Å². The van der Waals surface area contributed by atoms with Crippen molar-refractivity contribution in [3.63, 3.8) is 0 Å². The zero-order valence-corrected chi connectivity index (χ0v) is 18.6. The summed E-state index contributed by atoms with van der Waals surface area (Å²) in [7, 11) is -3.59. The third kappa shape index (κ3) is 3.93. The lowest BCUT2D eigenvalue weighted by atomic mass is 9.77. The lowest BCUT2D eigenvalue weighted by Gasteiger charge is -2.41. The van der Waals surface area contributed by atoms with E-state index in [0.29, 0.717) is 18.8 Å². The molecule has 1 aliphatic heterocycles. The van der Waals surface area contributed by atoms with Crippen LogP contribution in [0.4, 0.5) is 5.69 Å². The van der Waals surface area contributed by atoms with Gasteiger partial charge in [0.15, 0.2) is 0 Å². The second-order valence-corrected chi connectivity index (χ2v) is 10.5. The van der Waals surface area contributed by atoms with Crippen molar-refractivity contribution < 1.29 is 13.2 Å². The van der Waals surface area contributed by atoms with Gasteiger partial charge in [0.25, 0.3) is 0 Å². The van der Waals surface area contributed by atoms with Crippen LogP contribution in [0.2, 0.25) is 0 Å². The zero-order valence-electron chi connectivity index (χ0n) is 17.8. The quantitative estimate of drug-likeness (QED) is 0.747. The lowest BCUT2D eigenvalue weighted by Crippen LogP contribution is -2.51. The van der Waals surface area contributed by atoms with Gasteiger partial charge in [0.05, 0.1) is 17.6 Å². The van der Waals surface area contributed by atoms with Crippen LogP contribution in [0.1, 0.15) is 41.9 Å². The summed E-state index contributed by atoms with van der Waals surface area (Å²) in [5.74, 6) is 0.585. The molecule has 0 saturated carbocycles. The molecule has 0 bridgehead atoms. The number of aryl methyl sites for hydroxylation is 3. The van der Waals surface area contributed by atoms with E-state index in [-0.39, 0.29) is 17.9 Å². The molecule has 0 radical (unpaired) electrons. The van der Waals surface area contributed by atoms with Crippen molar-refractivity contribution in [1.29, 1.82) is 0 Å². The highest BCUT2D eigenvalue weighted by Gasteiger charge is 2.44. The van der Waals surface area contributed by atoms with Crippen molar-refractivity contribution in [2.45, 2.75) is 44.9 Å². The molecule has 1 aliphatic carbocycles. The molecule has 1 aromatic carbocycles. The molecule has 160 valence electrons. The second kappa shape index (κ2) is 7.65. The lowest BCUT2D eigenvalue weighted by molar-refractivity contribution is -0.131. The summed E-state index contributed by atoms with van der Waals surface area (Å²) in [6.45, 7) is 4.84. The molecule has 1 amide bonds. The van der Waals surface area contributed by atoms with Crippen molar-refractivity contribution in [1.82, 2.24) is 14.9 Å². The Hall–Kier alpha value is -2.48. The van der Waals surface area contributed by atoms with Gasteiger partial charge in [-0.05, 0) is 62.8 Å². The van der Waals surface area contributed by atoms with E-state index in [1.165, 1.54) is 9.87 Å². The Morgan fingerprint density at radius 1 is 1.27 bits per heavy atom. The number of hydrogen-bond acceptors (Lipinski definition) is 5. The van der Waals surface area contributed by atoms with Gasteiger partial charge < -0.3 is 4.90 Å². The Balaban J connectivity index is 1.57. The molecule has 2 aromatic rings. The van der Waals surface area contributed by atoms with E-state index < -0.39 is 10.0 Å².